The van der Waals surface area contributed by atoms with Gasteiger partial charge in [0.15, 0.2) is 9.84 Å². The Hall–Kier alpha value is -3.31. The van der Waals surface area contributed by atoms with Gasteiger partial charge < -0.3 is 20.4 Å². The number of carbonyl (C=O) groups excluding carboxylic acids is 3. The van der Waals surface area contributed by atoms with Crippen molar-refractivity contribution >= 4 is 27.6 Å². The van der Waals surface area contributed by atoms with Crippen molar-refractivity contribution in [2.24, 2.45) is 5.92 Å². The summed E-state index contributed by atoms with van der Waals surface area (Å²) < 4.78 is 36.3. The zero-order chi connectivity index (χ0) is 28.9. The Bertz CT molecular complexity index is 1300. The minimum absolute atomic E-state index is 0.0175. The van der Waals surface area contributed by atoms with Crippen LogP contribution in [-0.2, 0) is 26.0 Å². The van der Waals surface area contributed by atoms with Crippen molar-refractivity contribution in [2.45, 2.75) is 56.1 Å². The number of halogens is 1. The van der Waals surface area contributed by atoms with Crippen molar-refractivity contribution in [3.8, 4) is 0 Å². The smallest absolute Gasteiger partial charge is 0.251 e. The van der Waals surface area contributed by atoms with Crippen LogP contribution in [0.25, 0.3) is 0 Å². The highest BCUT2D eigenvalue weighted by Crippen LogP contribution is 2.24. The Labute approximate surface area is 235 Å². The maximum Gasteiger partial charge on any atom is 0.251 e. The van der Waals surface area contributed by atoms with Crippen LogP contribution in [-0.4, -0.2) is 80.5 Å². The largest absolute Gasteiger partial charge is 0.352 e. The normalized spacial score (nSPS) is 18.2. The first-order valence-corrected chi connectivity index (χ1v) is 15.6. The van der Waals surface area contributed by atoms with Crippen molar-refractivity contribution in [2.75, 3.05) is 32.4 Å². The van der Waals surface area contributed by atoms with E-state index in [-0.39, 0.29) is 22.6 Å². The van der Waals surface area contributed by atoms with Gasteiger partial charge >= 0.3 is 0 Å². The predicted molar refractivity (Wildman–Crippen MR) is 149 cm³/mol. The van der Waals surface area contributed by atoms with Crippen molar-refractivity contribution < 1.29 is 27.2 Å². The standard InChI is InChI=1S/C29H37FN4O5S/c1-20(32-28(36)22-5-7-24(30)8-6-22)29(37)34-17-13-25(14-18-34)33-15-11-23(12-16-33)27(35)31-19-21-3-9-26(10-4-21)40(2,38)39/h3-10,20,23,25H,11-19H2,1-2H3,(H,31,35)(H,32,36). The van der Waals surface area contributed by atoms with E-state index in [9.17, 15) is 27.2 Å². The highest BCUT2D eigenvalue weighted by molar-refractivity contribution is 7.90. The second kappa shape index (κ2) is 12.9. The van der Waals surface area contributed by atoms with E-state index in [1.54, 1.807) is 36.1 Å². The second-order valence-corrected chi connectivity index (χ2v) is 12.7. The van der Waals surface area contributed by atoms with Gasteiger partial charge in [0, 0.05) is 43.4 Å². The fourth-order valence-electron chi connectivity index (χ4n) is 5.38. The lowest BCUT2D eigenvalue weighted by Gasteiger charge is -2.42. The topological polar surface area (TPSA) is 116 Å². The molecule has 3 amide bonds. The summed E-state index contributed by atoms with van der Waals surface area (Å²) in [7, 11) is -3.25. The van der Waals surface area contributed by atoms with E-state index in [0.29, 0.717) is 31.2 Å². The molecule has 11 heteroatoms. The first-order valence-electron chi connectivity index (χ1n) is 13.7. The number of benzene rings is 2. The van der Waals surface area contributed by atoms with Gasteiger partial charge in [-0.1, -0.05) is 12.1 Å². The van der Waals surface area contributed by atoms with Crippen LogP contribution in [0.15, 0.2) is 53.4 Å². The van der Waals surface area contributed by atoms with Gasteiger partial charge in [0.2, 0.25) is 11.8 Å². The fraction of sp³-hybridized carbons (Fsp3) is 0.483. The van der Waals surface area contributed by atoms with E-state index in [0.717, 1.165) is 44.3 Å². The first-order chi connectivity index (χ1) is 19.0. The number of sulfone groups is 1. The lowest BCUT2D eigenvalue weighted by atomic mass is 9.92. The average molecular weight is 573 g/mol. The van der Waals surface area contributed by atoms with Crippen LogP contribution in [0.2, 0.25) is 0 Å². The molecule has 0 spiro atoms. The van der Waals surface area contributed by atoms with E-state index in [1.165, 1.54) is 30.5 Å². The summed E-state index contributed by atoms with van der Waals surface area (Å²) >= 11 is 0. The van der Waals surface area contributed by atoms with Crippen molar-refractivity contribution in [1.82, 2.24) is 20.4 Å². The molecule has 2 aromatic carbocycles. The number of rotatable bonds is 8. The summed E-state index contributed by atoms with van der Waals surface area (Å²) in [6.45, 7) is 4.89. The molecular weight excluding hydrogens is 535 g/mol. The molecule has 0 saturated carbocycles. The van der Waals surface area contributed by atoms with Gasteiger partial charge in [-0.25, -0.2) is 12.8 Å². The van der Waals surface area contributed by atoms with Crippen LogP contribution in [0.4, 0.5) is 4.39 Å². The number of nitrogens with zero attached hydrogens (tertiary/aromatic N) is 2. The molecule has 9 nitrogen and oxygen atoms in total. The molecule has 2 N–H and O–H groups in total. The minimum atomic E-state index is -3.25. The Morgan fingerprint density at radius 3 is 2.10 bits per heavy atom. The molecule has 2 aliphatic rings. The molecule has 1 atom stereocenters. The molecule has 2 fully saturated rings. The molecule has 216 valence electrons. The van der Waals surface area contributed by atoms with E-state index in [4.69, 9.17) is 0 Å². The Morgan fingerprint density at radius 2 is 1.52 bits per heavy atom. The number of hydrogen-bond acceptors (Lipinski definition) is 6. The van der Waals surface area contributed by atoms with Crippen LogP contribution in [0.1, 0.15) is 48.5 Å². The van der Waals surface area contributed by atoms with Crippen molar-refractivity contribution in [1.29, 1.82) is 0 Å². The molecule has 2 aliphatic heterocycles. The number of carbonyl (C=O) groups is 3. The maximum absolute atomic E-state index is 13.1. The molecule has 2 heterocycles. The van der Waals surface area contributed by atoms with Gasteiger partial charge in [-0.3, -0.25) is 14.4 Å². The lowest BCUT2D eigenvalue weighted by molar-refractivity contribution is -0.135. The third-order valence-electron chi connectivity index (χ3n) is 7.84. The molecule has 4 rings (SSSR count). The summed E-state index contributed by atoms with van der Waals surface area (Å²) in [5, 5.41) is 5.69. The van der Waals surface area contributed by atoms with Crippen LogP contribution in [0.5, 0.6) is 0 Å². The molecule has 1 unspecified atom stereocenters. The Balaban J connectivity index is 1.17. The van der Waals surface area contributed by atoms with Gasteiger partial charge in [-0.05, 0) is 87.7 Å². The van der Waals surface area contributed by atoms with E-state index < -0.39 is 27.6 Å². The molecule has 0 radical (unpaired) electrons. The van der Waals surface area contributed by atoms with Crippen molar-refractivity contribution in [3.05, 3.63) is 65.5 Å². The summed E-state index contributed by atoms with van der Waals surface area (Å²) in [5.41, 5.74) is 1.16. The average Bonchev–Trinajstić information content (AvgIpc) is 2.95. The predicted octanol–water partition coefficient (Wildman–Crippen LogP) is 2.37. The van der Waals surface area contributed by atoms with Crippen LogP contribution < -0.4 is 10.6 Å². The summed E-state index contributed by atoms with van der Waals surface area (Å²) in [6, 6.07) is 11.4. The van der Waals surface area contributed by atoms with Crippen LogP contribution in [0, 0.1) is 11.7 Å². The quantitative estimate of drug-likeness (QED) is 0.502. The molecule has 2 aromatic rings. The molecule has 2 saturated heterocycles. The Kier molecular flexibility index (Phi) is 9.57. The lowest BCUT2D eigenvalue weighted by Crippen LogP contribution is -2.53. The van der Waals surface area contributed by atoms with E-state index in [2.05, 4.69) is 15.5 Å². The third-order valence-corrected chi connectivity index (χ3v) is 8.96. The van der Waals surface area contributed by atoms with Crippen LogP contribution >= 0.6 is 0 Å². The van der Waals surface area contributed by atoms with Crippen LogP contribution in [0.3, 0.4) is 0 Å². The summed E-state index contributed by atoms with van der Waals surface area (Å²) in [6.07, 6.45) is 4.38. The van der Waals surface area contributed by atoms with E-state index in [1.807, 2.05) is 0 Å². The maximum atomic E-state index is 13.1. The highest BCUT2D eigenvalue weighted by Gasteiger charge is 2.32. The molecule has 0 bridgehead atoms. The second-order valence-electron chi connectivity index (χ2n) is 10.7. The fourth-order valence-corrected chi connectivity index (χ4v) is 6.01. The highest BCUT2D eigenvalue weighted by atomic mass is 32.2. The molecule has 40 heavy (non-hydrogen) atoms. The molecular formula is C29H37FN4O5S. The first kappa shape index (κ1) is 29.7. The third kappa shape index (κ3) is 7.66. The summed E-state index contributed by atoms with van der Waals surface area (Å²) in [4.78, 5) is 42.5. The number of hydrogen-bond donors (Lipinski definition) is 2. The van der Waals surface area contributed by atoms with Gasteiger partial charge in [-0.15, -0.1) is 0 Å². The van der Waals surface area contributed by atoms with E-state index >= 15 is 0 Å². The van der Waals surface area contributed by atoms with Gasteiger partial charge in [0.1, 0.15) is 11.9 Å². The van der Waals surface area contributed by atoms with Crippen molar-refractivity contribution in [3.63, 3.8) is 0 Å². The van der Waals surface area contributed by atoms with Gasteiger partial charge in [-0.2, -0.15) is 0 Å². The zero-order valence-electron chi connectivity index (χ0n) is 22.9. The molecule has 0 aliphatic carbocycles. The number of piperidine rings is 2. The number of amides is 3. The monoisotopic (exact) mass is 572 g/mol. The minimum Gasteiger partial charge on any atom is -0.352 e. The summed E-state index contributed by atoms with van der Waals surface area (Å²) in [5.74, 6) is -1.00. The SMILES string of the molecule is CC(NC(=O)c1ccc(F)cc1)C(=O)N1CCC(N2CCC(C(=O)NCc3ccc(S(C)(=O)=O)cc3)CC2)CC1. The Morgan fingerprint density at radius 1 is 0.925 bits per heavy atom. The number of nitrogens with one attached hydrogen (secondary N) is 2. The van der Waals surface area contributed by atoms with Gasteiger partial charge in [0.25, 0.3) is 5.91 Å². The number of likely N-dealkylation sites (tertiary alicyclic amines) is 2. The zero-order valence-corrected chi connectivity index (χ0v) is 23.8. The molecule has 0 aromatic heterocycles. The van der Waals surface area contributed by atoms with Gasteiger partial charge in [0.05, 0.1) is 4.90 Å².